The monoisotopic (exact) mass is 203 g/mol. The van der Waals surface area contributed by atoms with Gasteiger partial charge in [0.2, 0.25) is 0 Å². The molecule has 15 heavy (non-hydrogen) atoms. The van der Waals surface area contributed by atoms with E-state index in [9.17, 15) is 5.11 Å². The smallest absolute Gasteiger partial charge is 0.118 e. The minimum atomic E-state index is 0.315. The summed E-state index contributed by atoms with van der Waals surface area (Å²) in [6.45, 7) is 4.05. The molecule has 0 fully saturated rings. The molecule has 0 atom stereocenters. The predicted octanol–water partition coefficient (Wildman–Crippen LogP) is 2.28. The highest BCUT2D eigenvalue weighted by molar-refractivity contribution is 5.72. The summed E-state index contributed by atoms with van der Waals surface area (Å²) in [6.07, 6.45) is 0. The lowest BCUT2D eigenvalue weighted by atomic mass is 10.3. The van der Waals surface area contributed by atoms with E-state index >= 15 is 0 Å². The molecule has 4 heteroatoms. The largest absolute Gasteiger partial charge is 0.510 e. The Balaban J connectivity index is 2.34. The minimum absolute atomic E-state index is 0.315. The van der Waals surface area contributed by atoms with Crippen LogP contribution in [0.25, 0.3) is 11.0 Å². The van der Waals surface area contributed by atoms with Crippen LogP contribution in [0.5, 0.6) is 0 Å². The third-order valence-corrected chi connectivity index (χ3v) is 2.20. The lowest BCUT2D eigenvalue weighted by Gasteiger charge is -2.00. The fraction of sp³-hybridized carbons (Fsp3) is 0.273. The number of hydrogen-bond acceptors (Lipinski definition) is 3. The fourth-order valence-electron chi connectivity index (χ4n) is 1.27. The second-order valence-corrected chi connectivity index (χ2v) is 3.67. The van der Waals surface area contributed by atoms with Crippen molar-refractivity contribution in [2.45, 2.75) is 20.4 Å². The second-order valence-electron chi connectivity index (χ2n) is 3.67. The normalized spacial score (nSPS) is 10.5. The summed E-state index contributed by atoms with van der Waals surface area (Å²) in [4.78, 5) is 1.51. The van der Waals surface area contributed by atoms with Crippen molar-refractivity contribution in [1.29, 1.82) is 0 Å². The number of rotatable bonds is 2. The molecule has 2 rings (SSSR count). The first kappa shape index (κ1) is 9.71. The zero-order chi connectivity index (χ0) is 10.8. The van der Waals surface area contributed by atoms with Crippen LogP contribution in [0.2, 0.25) is 0 Å². The maximum absolute atomic E-state index is 9.58. The van der Waals surface area contributed by atoms with Crippen LogP contribution < -0.4 is 0 Å². The Bertz CT molecular complexity index is 476. The van der Waals surface area contributed by atoms with Crippen LogP contribution in [0.15, 0.2) is 35.6 Å². The third kappa shape index (κ3) is 1.98. The predicted molar refractivity (Wildman–Crippen MR) is 58.5 cm³/mol. The summed E-state index contributed by atoms with van der Waals surface area (Å²) in [5.74, 6) is 0.315. The number of nitrogens with zero attached hydrogens (tertiary/aromatic N) is 3. The number of aromatic nitrogens is 3. The Morgan fingerprint density at radius 3 is 2.20 bits per heavy atom. The molecule has 0 saturated heterocycles. The van der Waals surface area contributed by atoms with E-state index in [-0.39, 0.29) is 0 Å². The number of benzene rings is 1. The molecule has 1 aromatic heterocycles. The molecule has 0 bridgehead atoms. The van der Waals surface area contributed by atoms with Crippen LogP contribution in [0, 0.1) is 0 Å². The van der Waals surface area contributed by atoms with Crippen LogP contribution in [-0.2, 0) is 6.54 Å². The Kier molecular flexibility index (Phi) is 2.41. The zero-order valence-electron chi connectivity index (χ0n) is 8.81. The number of aliphatic hydroxyl groups is 1. The van der Waals surface area contributed by atoms with Gasteiger partial charge in [-0.05, 0) is 31.6 Å². The van der Waals surface area contributed by atoms with Crippen LogP contribution in [-0.4, -0.2) is 20.1 Å². The maximum Gasteiger partial charge on any atom is 0.118 e. The standard InChI is InChI=1S/C11H13N3O/c1-8(2)11(15)7-14-12-9-5-3-4-6-10(9)13-14/h3-6,15H,7H2,1-2H3. The quantitative estimate of drug-likeness (QED) is 0.762. The van der Waals surface area contributed by atoms with Crippen molar-refractivity contribution in [3.63, 3.8) is 0 Å². The van der Waals surface area contributed by atoms with Crippen molar-refractivity contribution in [1.82, 2.24) is 15.0 Å². The van der Waals surface area contributed by atoms with Gasteiger partial charge in [-0.25, -0.2) is 0 Å². The molecule has 1 heterocycles. The van der Waals surface area contributed by atoms with E-state index < -0.39 is 0 Å². The minimum Gasteiger partial charge on any atom is -0.510 e. The van der Waals surface area contributed by atoms with E-state index in [0.717, 1.165) is 16.6 Å². The number of aliphatic hydroxyl groups excluding tert-OH is 1. The molecule has 1 aromatic carbocycles. The highest BCUT2D eigenvalue weighted by atomic mass is 16.3. The van der Waals surface area contributed by atoms with E-state index in [4.69, 9.17) is 0 Å². The van der Waals surface area contributed by atoms with Crippen molar-refractivity contribution in [2.75, 3.05) is 0 Å². The molecule has 0 aliphatic heterocycles. The fourth-order valence-corrected chi connectivity index (χ4v) is 1.27. The molecule has 0 radical (unpaired) electrons. The molecule has 0 aliphatic rings. The van der Waals surface area contributed by atoms with Gasteiger partial charge in [-0.3, -0.25) is 0 Å². The Morgan fingerprint density at radius 1 is 1.20 bits per heavy atom. The molecule has 1 N–H and O–H groups in total. The molecule has 2 aromatic rings. The van der Waals surface area contributed by atoms with Gasteiger partial charge in [-0.1, -0.05) is 12.1 Å². The van der Waals surface area contributed by atoms with Gasteiger partial charge >= 0.3 is 0 Å². The summed E-state index contributed by atoms with van der Waals surface area (Å²) in [5.41, 5.74) is 2.58. The van der Waals surface area contributed by atoms with Gasteiger partial charge < -0.3 is 5.11 Å². The summed E-state index contributed by atoms with van der Waals surface area (Å²) in [5, 5.41) is 18.1. The molecule has 0 amide bonds. The number of fused-ring (bicyclic) bond motifs is 1. The average molecular weight is 203 g/mol. The van der Waals surface area contributed by atoms with Gasteiger partial charge in [0.25, 0.3) is 0 Å². The van der Waals surface area contributed by atoms with Crippen LogP contribution in [0.1, 0.15) is 13.8 Å². The summed E-state index contributed by atoms with van der Waals surface area (Å²) in [6, 6.07) is 7.64. The molecule has 0 unspecified atom stereocenters. The highest BCUT2D eigenvalue weighted by Crippen LogP contribution is 2.08. The van der Waals surface area contributed by atoms with Gasteiger partial charge in [-0.2, -0.15) is 15.0 Å². The first-order valence-corrected chi connectivity index (χ1v) is 4.82. The first-order valence-electron chi connectivity index (χ1n) is 4.82. The van der Waals surface area contributed by atoms with E-state index in [0.29, 0.717) is 12.3 Å². The van der Waals surface area contributed by atoms with Crippen molar-refractivity contribution in [3.8, 4) is 0 Å². The van der Waals surface area contributed by atoms with Crippen LogP contribution in [0.3, 0.4) is 0 Å². The third-order valence-electron chi connectivity index (χ3n) is 2.20. The lowest BCUT2D eigenvalue weighted by Crippen LogP contribution is -2.05. The average Bonchev–Trinajstić information content (AvgIpc) is 2.59. The second kappa shape index (κ2) is 3.73. The van der Waals surface area contributed by atoms with E-state index in [2.05, 4.69) is 10.2 Å². The molecular formula is C11H13N3O. The molecule has 0 spiro atoms. The molecule has 4 nitrogen and oxygen atoms in total. The van der Waals surface area contributed by atoms with Gasteiger partial charge in [0.05, 0.1) is 0 Å². The van der Waals surface area contributed by atoms with Crippen molar-refractivity contribution in [2.24, 2.45) is 0 Å². The molecular weight excluding hydrogens is 190 g/mol. The Labute approximate surface area is 87.8 Å². The van der Waals surface area contributed by atoms with E-state index in [1.54, 1.807) is 0 Å². The lowest BCUT2D eigenvalue weighted by molar-refractivity contribution is 0.350. The first-order chi connectivity index (χ1) is 7.16. The Morgan fingerprint density at radius 2 is 1.73 bits per heavy atom. The van der Waals surface area contributed by atoms with Crippen molar-refractivity contribution in [3.05, 3.63) is 35.6 Å². The highest BCUT2D eigenvalue weighted by Gasteiger charge is 2.03. The summed E-state index contributed by atoms with van der Waals surface area (Å²) < 4.78 is 0. The van der Waals surface area contributed by atoms with Crippen LogP contribution in [0.4, 0.5) is 0 Å². The number of hydrogen-bond donors (Lipinski definition) is 1. The van der Waals surface area contributed by atoms with Gasteiger partial charge in [0.1, 0.15) is 23.3 Å². The van der Waals surface area contributed by atoms with Gasteiger partial charge in [0, 0.05) is 0 Å². The molecule has 0 saturated carbocycles. The zero-order valence-corrected chi connectivity index (χ0v) is 8.81. The van der Waals surface area contributed by atoms with Crippen molar-refractivity contribution >= 4 is 11.0 Å². The summed E-state index contributed by atoms with van der Waals surface area (Å²) >= 11 is 0. The SMILES string of the molecule is CC(C)=C(O)Cn1nc2ccccc2n1. The Hall–Kier alpha value is -1.84. The molecule has 0 aliphatic carbocycles. The topological polar surface area (TPSA) is 50.9 Å². The van der Waals surface area contributed by atoms with E-state index in [1.165, 1.54) is 4.80 Å². The summed E-state index contributed by atoms with van der Waals surface area (Å²) in [7, 11) is 0. The van der Waals surface area contributed by atoms with Gasteiger partial charge in [0.15, 0.2) is 0 Å². The van der Waals surface area contributed by atoms with Crippen LogP contribution >= 0.6 is 0 Å². The molecule has 78 valence electrons. The number of allylic oxidation sites excluding steroid dienone is 2. The van der Waals surface area contributed by atoms with Crippen molar-refractivity contribution < 1.29 is 5.11 Å². The van der Waals surface area contributed by atoms with E-state index in [1.807, 2.05) is 38.1 Å². The maximum atomic E-state index is 9.58. The van der Waals surface area contributed by atoms with Gasteiger partial charge in [-0.15, -0.1) is 0 Å².